The van der Waals surface area contributed by atoms with Gasteiger partial charge >= 0.3 is 0 Å². The van der Waals surface area contributed by atoms with Gasteiger partial charge in [-0.2, -0.15) is 0 Å². The molecule has 1 amide bonds. The fourth-order valence-corrected chi connectivity index (χ4v) is 2.56. The number of anilines is 1. The van der Waals surface area contributed by atoms with E-state index in [9.17, 15) is 4.79 Å². The van der Waals surface area contributed by atoms with Crippen LogP contribution >= 0.6 is 0 Å². The van der Waals surface area contributed by atoms with Crippen LogP contribution in [-0.4, -0.2) is 44.4 Å². The third-order valence-corrected chi connectivity index (χ3v) is 3.82. The number of benzodiazepines with no additional fused rings is 1. The molecule has 0 radical (unpaired) electrons. The fraction of sp³-hybridized carbons (Fsp3) is 0.235. The topological polar surface area (TPSA) is 64.0 Å². The Morgan fingerprint density at radius 3 is 2.39 bits per heavy atom. The second-order valence-electron chi connectivity index (χ2n) is 5.08. The second-order valence-corrected chi connectivity index (χ2v) is 5.08. The lowest BCUT2D eigenvalue weighted by atomic mass is 10.0. The second kappa shape index (κ2) is 6.08. The first-order chi connectivity index (χ1) is 11.2. The Balaban J connectivity index is 2.25. The average molecular weight is 311 g/mol. The molecule has 0 bridgehead atoms. The van der Waals surface area contributed by atoms with Crippen LogP contribution in [0.3, 0.4) is 0 Å². The number of nitrogens with zero attached hydrogens (tertiary/aromatic N) is 3. The highest BCUT2D eigenvalue weighted by molar-refractivity contribution is 6.19. The van der Waals surface area contributed by atoms with E-state index in [1.807, 2.05) is 18.2 Å². The number of hydrogen-bond donors (Lipinski definition) is 0. The highest BCUT2D eigenvalue weighted by atomic mass is 16.5. The Morgan fingerprint density at radius 1 is 1.09 bits per heavy atom. The number of hydrogen-bond acceptors (Lipinski definition) is 5. The van der Waals surface area contributed by atoms with Crippen LogP contribution in [0.2, 0.25) is 0 Å². The normalized spacial score (nSPS) is 14.0. The summed E-state index contributed by atoms with van der Waals surface area (Å²) in [6, 6.07) is 7.39. The lowest BCUT2D eigenvalue weighted by molar-refractivity contribution is -0.116. The van der Waals surface area contributed by atoms with Crippen molar-refractivity contribution in [2.45, 2.75) is 0 Å². The molecule has 0 atom stereocenters. The molecule has 0 fully saturated rings. The maximum absolute atomic E-state index is 12.2. The van der Waals surface area contributed by atoms with Crippen LogP contribution in [0.1, 0.15) is 11.1 Å². The lowest BCUT2D eigenvalue weighted by Gasteiger charge is -2.20. The highest BCUT2D eigenvalue weighted by Crippen LogP contribution is 2.37. The molecule has 1 aliphatic heterocycles. The molecule has 2 heterocycles. The van der Waals surface area contributed by atoms with Gasteiger partial charge in [-0.25, -0.2) is 0 Å². The minimum absolute atomic E-state index is 0.0810. The molecule has 118 valence electrons. The molecule has 0 unspecified atom stereocenters. The number of carbonyl (C=O) groups is 1. The van der Waals surface area contributed by atoms with Gasteiger partial charge in [0.25, 0.3) is 0 Å². The summed E-state index contributed by atoms with van der Waals surface area (Å²) in [5.41, 5.74) is 3.19. The minimum Gasteiger partial charge on any atom is -0.493 e. The summed E-state index contributed by atoms with van der Waals surface area (Å²) >= 11 is 0. The van der Waals surface area contributed by atoms with Gasteiger partial charge in [0.1, 0.15) is 6.54 Å². The van der Waals surface area contributed by atoms with E-state index in [0.717, 1.165) is 22.5 Å². The van der Waals surface area contributed by atoms with E-state index in [1.54, 1.807) is 44.6 Å². The van der Waals surface area contributed by atoms with Crippen molar-refractivity contribution in [3.05, 3.63) is 47.8 Å². The zero-order valence-corrected chi connectivity index (χ0v) is 13.2. The average Bonchev–Trinajstić information content (AvgIpc) is 2.72. The van der Waals surface area contributed by atoms with Crippen LogP contribution in [0.25, 0.3) is 0 Å². The van der Waals surface area contributed by atoms with Crippen molar-refractivity contribution in [3.63, 3.8) is 0 Å². The van der Waals surface area contributed by atoms with Crippen molar-refractivity contribution < 1.29 is 14.3 Å². The van der Waals surface area contributed by atoms with Gasteiger partial charge in [-0.05, 0) is 18.2 Å². The van der Waals surface area contributed by atoms with E-state index >= 15 is 0 Å². The van der Waals surface area contributed by atoms with Gasteiger partial charge < -0.3 is 14.4 Å². The van der Waals surface area contributed by atoms with Crippen LogP contribution in [-0.2, 0) is 4.79 Å². The van der Waals surface area contributed by atoms with Crippen molar-refractivity contribution in [1.29, 1.82) is 0 Å². The zero-order chi connectivity index (χ0) is 16.4. The van der Waals surface area contributed by atoms with Gasteiger partial charge in [-0.15, -0.1) is 0 Å². The molecule has 0 saturated heterocycles. The highest BCUT2D eigenvalue weighted by Gasteiger charge is 2.25. The van der Waals surface area contributed by atoms with E-state index in [0.29, 0.717) is 11.5 Å². The number of aromatic nitrogens is 1. The molecule has 23 heavy (non-hydrogen) atoms. The predicted molar refractivity (Wildman–Crippen MR) is 87.7 cm³/mol. The monoisotopic (exact) mass is 311 g/mol. The number of ether oxygens (including phenoxy) is 2. The number of methoxy groups -OCH3 is 2. The molecule has 0 spiro atoms. The number of fused-ring (bicyclic) bond motifs is 1. The third kappa shape index (κ3) is 2.63. The molecule has 1 aliphatic rings. The van der Waals surface area contributed by atoms with E-state index in [1.165, 1.54) is 0 Å². The molecule has 6 nitrogen and oxygen atoms in total. The number of likely N-dealkylation sites (N-methyl/N-ethyl adjacent to an activating group) is 1. The first kappa shape index (κ1) is 15.0. The maximum Gasteiger partial charge on any atom is 0.248 e. The summed E-state index contributed by atoms with van der Waals surface area (Å²) < 4.78 is 10.7. The van der Waals surface area contributed by atoms with Crippen molar-refractivity contribution in [3.8, 4) is 11.5 Å². The predicted octanol–water partition coefficient (Wildman–Crippen LogP) is 1.91. The Bertz CT molecular complexity index is 772. The zero-order valence-electron chi connectivity index (χ0n) is 13.2. The van der Waals surface area contributed by atoms with Crippen LogP contribution in [0.15, 0.2) is 41.7 Å². The summed E-state index contributed by atoms with van der Waals surface area (Å²) in [6.45, 7) is 0.0907. The van der Waals surface area contributed by atoms with E-state index in [-0.39, 0.29) is 12.5 Å². The van der Waals surface area contributed by atoms with Crippen LogP contribution < -0.4 is 14.4 Å². The van der Waals surface area contributed by atoms with Gasteiger partial charge in [0, 0.05) is 36.6 Å². The SMILES string of the molecule is COc1cc2c(cc1OC)N(C)C(=O)CN=C2c1ccncc1. The summed E-state index contributed by atoms with van der Waals surface area (Å²) in [6.07, 6.45) is 3.41. The van der Waals surface area contributed by atoms with Gasteiger partial charge in [-0.3, -0.25) is 14.8 Å². The molecular weight excluding hydrogens is 294 g/mol. The quantitative estimate of drug-likeness (QED) is 0.868. The Kier molecular flexibility index (Phi) is 3.97. The Hall–Kier alpha value is -2.89. The summed E-state index contributed by atoms with van der Waals surface area (Å²) in [5, 5.41) is 0. The third-order valence-electron chi connectivity index (χ3n) is 3.82. The Morgan fingerprint density at radius 2 is 1.74 bits per heavy atom. The van der Waals surface area contributed by atoms with Gasteiger partial charge in [-0.1, -0.05) is 0 Å². The maximum atomic E-state index is 12.2. The molecule has 2 aromatic rings. The van der Waals surface area contributed by atoms with E-state index < -0.39 is 0 Å². The van der Waals surface area contributed by atoms with E-state index in [2.05, 4.69) is 9.98 Å². The smallest absolute Gasteiger partial charge is 0.248 e. The largest absolute Gasteiger partial charge is 0.493 e. The number of carbonyl (C=O) groups excluding carboxylic acids is 1. The molecule has 0 N–H and O–H groups in total. The molecule has 6 heteroatoms. The number of amides is 1. The van der Waals surface area contributed by atoms with Gasteiger partial charge in [0.2, 0.25) is 5.91 Å². The standard InChI is InChI=1S/C17H17N3O3/c1-20-13-9-15(23-3)14(22-2)8-12(13)17(19-10-16(20)21)11-4-6-18-7-5-11/h4-9H,10H2,1-3H3. The van der Waals surface area contributed by atoms with Crippen LogP contribution in [0, 0.1) is 0 Å². The summed E-state index contributed by atoms with van der Waals surface area (Å²) in [4.78, 5) is 22.4. The van der Waals surface area contributed by atoms with Gasteiger partial charge in [0.05, 0.1) is 25.6 Å². The van der Waals surface area contributed by atoms with Crippen molar-refractivity contribution in [1.82, 2.24) is 4.98 Å². The van der Waals surface area contributed by atoms with E-state index in [4.69, 9.17) is 9.47 Å². The number of benzene rings is 1. The van der Waals surface area contributed by atoms with Crippen molar-refractivity contribution in [2.75, 3.05) is 32.7 Å². The van der Waals surface area contributed by atoms with Crippen LogP contribution in [0.5, 0.6) is 11.5 Å². The molecule has 1 aromatic heterocycles. The minimum atomic E-state index is -0.0810. The number of pyridine rings is 1. The first-order valence-corrected chi connectivity index (χ1v) is 7.13. The van der Waals surface area contributed by atoms with Crippen molar-refractivity contribution in [2.24, 2.45) is 4.99 Å². The molecule has 0 saturated carbocycles. The number of aliphatic imine (C=N–C) groups is 1. The molecule has 3 rings (SSSR count). The lowest BCUT2D eigenvalue weighted by Crippen LogP contribution is -2.27. The van der Waals surface area contributed by atoms with Crippen molar-refractivity contribution >= 4 is 17.3 Å². The first-order valence-electron chi connectivity index (χ1n) is 7.13. The molecule has 1 aromatic carbocycles. The summed E-state index contributed by atoms with van der Waals surface area (Å²) in [5.74, 6) is 1.08. The molecular formula is C17H17N3O3. The van der Waals surface area contributed by atoms with Gasteiger partial charge in [0.15, 0.2) is 11.5 Å². The summed E-state index contributed by atoms with van der Waals surface area (Å²) in [7, 11) is 4.89. The number of rotatable bonds is 3. The fourth-order valence-electron chi connectivity index (χ4n) is 2.56. The van der Waals surface area contributed by atoms with Crippen LogP contribution in [0.4, 0.5) is 5.69 Å². The molecule has 0 aliphatic carbocycles. The Labute approximate surface area is 134 Å².